The van der Waals surface area contributed by atoms with E-state index in [1.54, 1.807) is 12.1 Å². The lowest BCUT2D eigenvalue weighted by Gasteiger charge is -2.31. The molecule has 1 aromatic heterocycles. The first kappa shape index (κ1) is 16.1. The maximum atomic E-state index is 12.5. The number of carbonyl (C=O) groups excluding carboxylic acids is 1. The fraction of sp³-hybridized carbons (Fsp3) is 0.421. The molecule has 1 aliphatic rings. The minimum Gasteiger partial charge on any atom is -0.454 e. The summed E-state index contributed by atoms with van der Waals surface area (Å²) in [6.07, 6.45) is 3.18. The van der Waals surface area contributed by atoms with Crippen LogP contribution >= 0.6 is 11.6 Å². The third-order valence-electron chi connectivity index (χ3n) is 4.50. The molecule has 0 radical (unpaired) electrons. The van der Waals surface area contributed by atoms with Crippen molar-refractivity contribution in [1.82, 2.24) is 4.90 Å². The van der Waals surface area contributed by atoms with E-state index >= 15 is 0 Å². The zero-order valence-corrected chi connectivity index (χ0v) is 14.1. The van der Waals surface area contributed by atoms with Gasteiger partial charge in [-0.05, 0) is 49.8 Å². The van der Waals surface area contributed by atoms with Crippen LogP contribution in [0, 0.1) is 5.92 Å². The summed E-state index contributed by atoms with van der Waals surface area (Å²) < 4.78 is 5.56. The number of benzene rings is 1. The van der Waals surface area contributed by atoms with Crippen molar-refractivity contribution in [1.29, 1.82) is 0 Å². The van der Waals surface area contributed by atoms with Gasteiger partial charge >= 0.3 is 0 Å². The second kappa shape index (κ2) is 7.22. The molecule has 1 amide bonds. The molecule has 1 fully saturated rings. The standard InChI is InChI=1S/C19H22ClNO2/c1-14(20)17-7-8-18(23-17)19(22)21-11-9-16(10-12-21)13-15-5-3-2-4-6-15/h2-8,14,16H,9-13H2,1H3. The second-order valence-corrected chi connectivity index (χ2v) is 6.90. The number of nitrogens with zero attached hydrogens (tertiary/aromatic N) is 1. The summed E-state index contributed by atoms with van der Waals surface area (Å²) in [6.45, 7) is 3.43. The van der Waals surface area contributed by atoms with E-state index in [-0.39, 0.29) is 11.3 Å². The van der Waals surface area contributed by atoms with Gasteiger partial charge in [-0.25, -0.2) is 0 Å². The Bertz CT molecular complexity index is 642. The highest BCUT2D eigenvalue weighted by atomic mass is 35.5. The molecule has 1 aliphatic heterocycles. The van der Waals surface area contributed by atoms with Crippen molar-refractivity contribution in [2.75, 3.05) is 13.1 Å². The van der Waals surface area contributed by atoms with Crippen LogP contribution in [0.1, 0.15) is 47.0 Å². The number of halogens is 1. The van der Waals surface area contributed by atoms with Crippen molar-refractivity contribution in [3.8, 4) is 0 Å². The predicted octanol–water partition coefficient (Wildman–Crippen LogP) is 4.67. The Balaban J connectivity index is 1.54. The number of carbonyl (C=O) groups is 1. The van der Waals surface area contributed by atoms with Crippen LogP contribution in [0.2, 0.25) is 0 Å². The zero-order valence-electron chi connectivity index (χ0n) is 13.4. The van der Waals surface area contributed by atoms with Crippen LogP contribution < -0.4 is 0 Å². The lowest BCUT2D eigenvalue weighted by molar-refractivity contribution is 0.0656. The summed E-state index contributed by atoms with van der Waals surface area (Å²) in [4.78, 5) is 14.4. The van der Waals surface area contributed by atoms with Crippen LogP contribution in [-0.2, 0) is 6.42 Å². The van der Waals surface area contributed by atoms with Crippen molar-refractivity contribution in [2.24, 2.45) is 5.92 Å². The number of alkyl halides is 1. The fourth-order valence-corrected chi connectivity index (χ4v) is 3.24. The maximum Gasteiger partial charge on any atom is 0.289 e. The Morgan fingerprint density at radius 1 is 1.22 bits per heavy atom. The number of rotatable bonds is 4. The van der Waals surface area contributed by atoms with Crippen molar-refractivity contribution in [3.05, 3.63) is 59.5 Å². The molecule has 0 aliphatic carbocycles. The lowest BCUT2D eigenvalue weighted by atomic mass is 9.90. The molecule has 0 spiro atoms. The third kappa shape index (κ3) is 3.97. The van der Waals surface area contributed by atoms with Crippen LogP contribution in [0.25, 0.3) is 0 Å². The molecule has 2 aromatic rings. The molecule has 0 saturated carbocycles. The normalized spacial score (nSPS) is 17.2. The van der Waals surface area contributed by atoms with Gasteiger partial charge < -0.3 is 9.32 Å². The lowest BCUT2D eigenvalue weighted by Crippen LogP contribution is -2.38. The summed E-state index contributed by atoms with van der Waals surface area (Å²) in [5.41, 5.74) is 1.38. The smallest absolute Gasteiger partial charge is 0.289 e. The molecule has 1 saturated heterocycles. The Kier molecular flexibility index (Phi) is 5.06. The van der Waals surface area contributed by atoms with Crippen molar-refractivity contribution in [3.63, 3.8) is 0 Å². The van der Waals surface area contributed by atoms with Gasteiger partial charge in [-0.2, -0.15) is 0 Å². The molecule has 3 nitrogen and oxygen atoms in total. The highest BCUT2D eigenvalue weighted by molar-refractivity contribution is 6.20. The van der Waals surface area contributed by atoms with Gasteiger partial charge in [0.1, 0.15) is 5.76 Å². The molecule has 1 unspecified atom stereocenters. The van der Waals surface area contributed by atoms with E-state index in [9.17, 15) is 4.79 Å². The van der Waals surface area contributed by atoms with E-state index in [1.807, 2.05) is 17.9 Å². The van der Waals surface area contributed by atoms with Crippen LogP contribution in [0.3, 0.4) is 0 Å². The van der Waals surface area contributed by atoms with Gasteiger partial charge in [0, 0.05) is 13.1 Å². The number of hydrogen-bond acceptors (Lipinski definition) is 2. The summed E-state index contributed by atoms with van der Waals surface area (Å²) in [6, 6.07) is 14.1. The predicted molar refractivity (Wildman–Crippen MR) is 91.7 cm³/mol. The molecule has 23 heavy (non-hydrogen) atoms. The Labute approximate surface area is 142 Å². The highest BCUT2D eigenvalue weighted by Crippen LogP contribution is 2.25. The molecule has 1 atom stereocenters. The van der Waals surface area contributed by atoms with Crippen LogP contribution in [-0.4, -0.2) is 23.9 Å². The number of piperidine rings is 1. The van der Waals surface area contributed by atoms with Gasteiger partial charge in [-0.3, -0.25) is 4.79 Å². The SMILES string of the molecule is CC(Cl)c1ccc(C(=O)N2CCC(Cc3ccccc3)CC2)o1. The molecule has 3 rings (SSSR count). The van der Waals surface area contributed by atoms with Crippen LogP contribution in [0.5, 0.6) is 0 Å². The van der Waals surface area contributed by atoms with Gasteiger partial charge in [0.15, 0.2) is 5.76 Å². The van der Waals surface area contributed by atoms with Gasteiger partial charge in [0.05, 0.1) is 5.38 Å². The van der Waals surface area contributed by atoms with Crippen molar-refractivity contribution < 1.29 is 9.21 Å². The fourth-order valence-electron chi connectivity index (χ4n) is 3.13. The monoisotopic (exact) mass is 331 g/mol. The molecular formula is C19H22ClNO2. The first-order chi connectivity index (χ1) is 11.1. The van der Waals surface area contributed by atoms with Crippen molar-refractivity contribution in [2.45, 2.75) is 31.6 Å². The maximum absolute atomic E-state index is 12.5. The topological polar surface area (TPSA) is 33.5 Å². The van der Waals surface area contributed by atoms with E-state index in [0.29, 0.717) is 17.4 Å². The Hall–Kier alpha value is -1.74. The zero-order chi connectivity index (χ0) is 16.2. The number of likely N-dealkylation sites (tertiary alicyclic amines) is 1. The molecule has 0 N–H and O–H groups in total. The molecule has 122 valence electrons. The largest absolute Gasteiger partial charge is 0.454 e. The summed E-state index contributed by atoms with van der Waals surface area (Å²) in [5.74, 6) is 1.67. The Morgan fingerprint density at radius 3 is 2.52 bits per heavy atom. The average molecular weight is 332 g/mol. The van der Waals surface area contributed by atoms with E-state index in [0.717, 1.165) is 32.4 Å². The quantitative estimate of drug-likeness (QED) is 0.762. The number of hydrogen-bond donors (Lipinski definition) is 0. The molecule has 2 heterocycles. The summed E-state index contributed by atoms with van der Waals surface area (Å²) in [5, 5.41) is -0.215. The van der Waals surface area contributed by atoms with Gasteiger partial charge in [-0.15, -0.1) is 11.6 Å². The van der Waals surface area contributed by atoms with Crippen molar-refractivity contribution >= 4 is 17.5 Å². The number of furan rings is 1. The summed E-state index contributed by atoms with van der Waals surface area (Å²) >= 11 is 5.98. The number of amides is 1. The molecule has 0 bridgehead atoms. The molecule has 4 heteroatoms. The van der Waals surface area contributed by atoms with Crippen LogP contribution in [0.4, 0.5) is 0 Å². The van der Waals surface area contributed by atoms with E-state index in [2.05, 4.69) is 24.3 Å². The first-order valence-corrected chi connectivity index (χ1v) is 8.64. The summed E-state index contributed by atoms with van der Waals surface area (Å²) in [7, 11) is 0. The van der Waals surface area contributed by atoms with E-state index in [1.165, 1.54) is 5.56 Å². The average Bonchev–Trinajstić information content (AvgIpc) is 3.06. The van der Waals surface area contributed by atoms with Gasteiger partial charge in [0.2, 0.25) is 0 Å². The highest BCUT2D eigenvalue weighted by Gasteiger charge is 2.25. The molecule has 1 aromatic carbocycles. The van der Waals surface area contributed by atoms with E-state index in [4.69, 9.17) is 16.0 Å². The van der Waals surface area contributed by atoms with Gasteiger partial charge in [-0.1, -0.05) is 30.3 Å². The second-order valence-electron chi connectivity index (χ2n) is 6.24. The van der Waals surface area contributed by atoms with E-state index < -0.39 is 0 Å². The third-order valence-corrected chi connectivity index (χ3v) is 4.71. The minimum absolute atomic E-state index is 0.0215. The minimum atomic E-state index is -0.215. The molecular weight excluding hydrogens is 310 g/mol. The van der Waals surface area contributed by atoms with Crippen LogP contribution in [0.15, 0.2) is 46.9 Å². The Morgan fingerprint density at radius 2 is 1.91 bits per heavy atom. The first-order valence-electron chi connectivity index (χ1n) is 8.20. The van der Waals surface area contributed by atoms with Gasteiger partial charge in [0.25, 0.3) is 5.91 Å².